The first kappa shape index (κ1) is 10.9. The quantitative estimate of drug-likeness (QED) is 0.833. The molecule has 1 nitrogen and oxygen atoms in total. The predicted molar refractivity (Wildman–Crippen MR) is 58.3 cm³/mol. The van der Waals surface area contributed by atoms with Crippen molar-refractivity contribution in [3.63, 3.8) is 0 Å². The van der Waals surface area contributed by atoms with Crippen molar-refractivity contribution in [2.75, 3.05) is 0 Å². The van der Waals surface area contributed by atoms with Gasteiger partial charge in [-0.2, -0.15) is 0 Å². The second-order valence-corrected chi connectivity index (χ2v) is 4.64. The number of hydrogen-bond acceptors (Lipinski definition) is 1. The van der Waals surface area contributed by atoms with Crippen LogP contribution >= 0.6 is 11.6 Å². The molecule has 1 aliphatic carbocycles. The lowest BCUT2D eigenvalue weighted by Crippen LogP contribution is -2.01. The van der Waals surface area contributed by atoms with Crippen molar-refractivity contribution in [2.45, 2.75) is 31.8 Å². The Bertz CT molecular complexity index is 349. The molecule has 0 bridgehead atoms. The van der Waals surface area contributed by atoms with Crippen molar-refractivity contribution in [1.82, 2.24) is 0 Å². The van der Waals surface area contributed by atoms with Crippen LogP contribution in [0.2, 0.25) is 5.02 Å². The first-order valence-corrected chi connectivity index (χ1v) is 5.67. The second-order valence-electron chi connectivity index (χ2n) is 4.20. The Morgan fingerprint density at radius 2 is 2.20 bits per heavy atom. The van der Waals surface area contributed by atoms with E-state index in [1.54, 1.807) is 0 Å². The molecule has 0 amide bonds. The average Bonchev–Trinajstić information content (AvgIpc) is 3.02. The van der Waals surface area contributed by atoms with E-state index in [1.165, 1.54) is 31.0 Å². The highest BCUT2D eigenvalue weighted by atomic mass is 35.5. The van der Waals surface area contributed by atoms with Crippen LogP contribution in [0.3, 0.4) is 0 Å². The predicted octanol–water partition coefficient (Wildman–Crippen LogP) is 3.70. The van der Waals surface area contributed by atoms with Gasteiger partial charge in [0.2, 0.25) is 0 Å². The molecule has 82 valence electrons. The summed E-state index contributed by atoms with van der Waals surface area (Å²) >= 11 is 5.76. The van der Waals surface area contributed by atoms with E-state index in [2.05, 4.69) is 0 Å². The molecule has 1 aromatic rings. The summed E-state index contributed by atoms with van der Waals surface area (Å²) in [6, 6.07) is 4.31. The molecular weight excluding hydrogens is 215 g/mol. The molecule has 1 unspecified atom stereocenters. The fraction of sp³-hybridized carbons (Fsp3) is 0.500. The number of halogens is 2. The molecule has 1 fully saturated rings. The molecular formula is C12H14ClFO. The second kappa shape index (κ2) is 4.50. The van der Waals surface area contributed by atoms with E-state index in [0.717, 1.165) is 12.3 Å². The highest BCUT2D eigenvalue weighted by molar-refractivity contribution is 6.30. The summed E-state index contributed by atoms with van der Waals surface area (Å²) in [5, 5.41) is 10.3. The minimum atomic E-state index is -0.718. The van der Waals surface area contributed by atoms with Crippen LogP contribution < -0.4 is 0 Å². The summed E-state index contributed by atoms with van der Waals surface area (Å²) in [4.78, 5) is 0. The molecule has 1 atom stereocenters. The zero-order chi connectivity index (χ0) is 10.8. The Labute approximate surface area is 93.9 Å². The van der Waals surface area contributed by atoms with Crippen molar-refractivity contribution < 1.29 is 9.50 Å². The Balaban J connectivity index is 2.02. The van der Waals surface area contributed by atoms with E-state index in [9.17, 15) is 9.50 Å². The molecule has 0 radical (unpaired) electrons. The third kappa shape index (κ3) is 2.93. The van der Waals surface area contributed by atoms with E-state index >= 15 is 0 Å². The van der Waals surface area contributed by atoms with Crippen molar-refractivity contribution >= 4 is 11.6 Å². The Kier molecular flexibility index (Phi) is 3.27. The van der Waals surface area contributed by atoms with Crippen LogP contribution in [0, 0.1) is 11.7 Å². The van der Waals surface area contributed by atoms with Gasteiger partial charge in [-0.05, 0) is 37.0 Å². The van der Waals surface area contributed by atoms with Crippen LogP contribution in [0.5, 0.6) is 0 Å². The maximum atomic E-state index is 13.3. The smallest absolute Gasteiger partial charge is 0.129 e. The van der Waals surface area contributed by atoms with Gasteiger partial charge in [-0.1, -0.05) is 24.4 Å². The van der Waals surface area contributed by atoms with Crippen LogP contribution in [0.4, 0.5) is 4.39 Å². The van der Waals surface area contributed by atoms with Crippen LogP contribution in [0.15, 0.2) is 18.2 Å². The van der Waals surface area contributed by atoms with Crippen LogP contribution in [-0.4, -0.2) is 5.11 Å². The molecule has 0 aliphatic heterocycles. The van der Waals surface area contributed by atoms with Gasteiger partial charge < -0.3 is 5.11 Å². The van der Waals surface area contributed by atoms with Crippen molar-refractivity contribution in [2.24, 2.45) is 5.92 Å². The van der Waals surface area contributed by atoms with Gasteiger partial charge in [0.1, 0.15) is 5.82 Å². The summed E-state index contributed by atoms with van der Waals surface area (Å²) < 4.78 is 13.3. The first-order valence-electron chi connectivity index (χ1n) is 5.30. The molecule has 1 aliphatic rings. The first-order chi connectivity index (χ1) is 7.16. The maximum Gasteiger partial charge on any atom is 0.129 e. The zero-order valence-electron chi connectivity index (χ0n) is 8.42. The molecule has 15 heavy (non-hydrogen) atoms. The molecule has 3 heteroatoms. The lowest BCUT2D eigenvalue weighted by Gasteiger charge is -2.11. The highest BCUT2D eigenvalue weighted by Crippen LogP contribution is 2.36. The van der Waals surface area contributed by atoms with Gasteiger partial charge in [0.15, 0.2) is 0 Å². The number of rotatable bonds is 4. The van der Waals surface area contributed by atoms with Crippen LogP contribution in [-0.2, 0) is 0 Å². The highest BCUT2D eigenvalue weighted by Gasteiger charge is 2.23. The topological polar surface area (TPSA) is 20.2 Å². The molecule has 2 rings (SSSR count). The van der Waals surface area contributed by atoms with Gasteiger partial charge in [0.25, 0.3) is 0 Å². The molecule has 0 aromatic heterocycles. The minimum absolute atomic E-state index is 0.322. The fourth-order valence-corrected chi connectivity index (χ4v) is 1.91. The molecule has 1 N–H and O–H groups in total. The van der Waals surface area contributed by atoms with E-state index < -0.39 is 6.10 Å². The average molecular weight is 229 g/mol. The summed E-state index contributed by atoms with van der Waals surface area (Å²) in [5.41, 5.74) is 0.322. The lowest BCUT2D eigenvalue weighted by molar-refractivity contribution is 0.158. The maximum absolute atomic E-state index is 13.3. The lowest BCUT2D eigenvalue weighted by atomic mass is 10.0. The number of aliphatic hydroxyl groups is 1. The largest absolute Gasteiger partial charge is 0.388 e. The number of aliphatic hydroxyl groups excluding tert-OH is 1. The van der Waals surface area contributed by atoms with Gasteiger partial charge >= 0.3 is 0 Å². The normalized spacial score (nSPS) is 17.8. The summed E-state index contributed by atoms with van der Waals surface area (Å²) in [7, 11) is 0. The van der Waals surface area contributed by atoms with E-state index in [-0.39, 0.29) is 5.82 Å². The van der Waals surface area contributed by atoms with Crippen molar-refractivity contribution in [3.05, 3.63) is 34.6 Å². The number of hydrogen-bond donors (Lipinski definition) is 1. The fourth-order valence-electron chi connectivity index (χ4n) is 1.73. The van der Waals surface area contributed by atoms with E-state index in [0.29, 0.717) is 17.0 Å². The van der Waals surface area contributed by atoms with Gasteiger partial charge in [-0.15, -0.1) is 0 Å². The van der Waals surface area contributed by atoms with Gasteiger partial charge in [0, 0.05) is 10.6 Å². The third-order valence-corrected chi connectivity index (χ3v) is 3.10. The number of benzene rings is 1. The van der Waals surface area contributed by atoms with Crippen molar-refractivity contribution in [1.29, 1.82) is 0 Å². The Hall–Kier alpha value is -0.600. The van der Waals surface area contributed by atoms with E-state index in [4.69, 9.17) is 11.6 Å². The Morgan fingerprint density at radius 1 is 1.47 bits per heavy atom. The van der Waals surface area contributed by atoms with Crippen molar-refractivity contribution in [3.8, 4) is 0 Å². The van der Waals surface area contributed by atoms with Gasteiger partial charge in [0.05, 0.1) is 6.10 Å². The molecule has 0 saturated heterocycles. The minimum Gasteiger partial charge on any atom is -0.388 e. The van der Waals surface area contributed by atoms with Gasteiger partial charge in [-0.3, -0.25) is 0 Å². The standard InChI is InChI=1S/C12H14ClFO/c13-9-4-5-11(14)10(7-9)12(15)6-3-8-1-2-8/h4-5,7-8,12,15H,1-3,6H2. The molecule has 0 heterocycles. The zero-order valence-corrected chi connectivity index (χ0v) is 9.17. The summed E-state index contributed by atoms with van der Waals surface area (Å²) in [6.07, 6.45) is 3.40. The molecule has 1 aromatic carbocycles. The van der Waals surface area contributed by atoms with Crippen LogP contribution in [0.1, 0.15) is 37.4 Å². The van der Waals surface area contributed by atoms with Gasteiger partial charge in [-0.25, -0.2) is 4.39 Å². The Morgan fingerprint density at radius 3 is 2.87 bits per heavy atom. The monoisotopic (exact) mass is 228 g/mol. The van der Waals surface area contributed by atoms with Crippen LogP contribution in [0.25, 0.3) is 0 Å². The summed E-state index contributed by atoms with van der Waals surface area (Å²) in [6.45, 7) is 0. The SMILES string of the molecule is OC(CCC1CC1)c1cc(Cl)ccc1F. The summed E-state index contributed by atoms with van der Waals surface area (Å²) in [5.74, 6) is 0.379. The molecule has 1 saturated carbocycles. The third-order valence-electron chi connectivity index (χ3n) is 2.86. The van der Waals surface area contributed by atoms with E-state index in [1.807, 2.05) is 0 Å². The molecule has 0 spiro atoms.